The Morgan fingerprint density at radius 3 is 2.78 bits per heavy atom. The third kappa shape index (κ3) is 3.70. The van der Waals surface area contributed by atoms with Gasteiger partial charge in [-0.1, -0.05) is 29.8 Å². The van der Waals surface area contributed by atoms with Crippen molar-refractivity contribution >= 4 is 28.5 Å². The predicted molar refractivity (Wildman–Crippen MR) is 86.4 cm³/mol. The van der Waals surface area contributed by atoms with Crippen molar-refractivity contribution in [3.8, 4) is 17.2 Å². The highest BCUT2D eigenvalue weighted by molar-refractivity contribution is 6.30. The summed E-state index contributed by atoms with van der Waals surface area (Å²) in [5, 5.41) is 10.1. The number of carboxylic acid groups (broad SMARTS) is 1. The Kier molecular flexibility index (Phi) is 4.30. The minimum Gasteiger partial charge on any atom is -0.479 e. The molecule has 0 aliphatic rings. The third-order valence-corrected chi connectivity index (χ3v) is 3.29. The summed E-state index contributed by atoms with van der Waals surface area (Å²) >= 11 is 5.97. The molecule has 0 unspecified atom stereocenters. The highest BCUT2D eigenvalue weighted by Crippen LogP contribution is 2.34. The van der Waals surface area contributed by atoms with Gasteiger partial charge in [-0.15, -0.1) is 0 Å². The highest BCUT2D eigenvalue weighted by Gasteiger charge is 2.10. The van der Waals surface area contributed by atoms with Crippen molar-refractivity contribution in [2.45, 2.75) is 0 Å². The zero-order valence-electron chi connectivity index (χ0n) is 11.9. The molecule has 3 rings (SSSR count). The summed E-state index contributed by atoms with van der Waals surface area (Å²) in [5.74, 6) is 0.0604. The quantitative estimate of drug-likeness (QED) is 0.761. The molecular formula is C17H12ClNO4. The maximum Gasteiger partial charge on any atom is 0.341 e. The molecule has 0 aliphatic carbocycles. The Balaban J connectivity index is 1.90. The second-order valence-electron chi connectivity index (χ2n) is 4.74. The maximum atomic E-state index is 10.7. The van der Waals surface area contributed by atoms with Crippen molar-refractivity contribution in [3.05, 3.63) is 59.8 Å². The van der Waals surface area contributed by atoms with Gasteiger partial charge in [0.1, 0.15) is 5.75 Å². The topological polar surface area (TPSA) is 68.7 Å². The second-order valence-corrected chi connectivity index (χ2v) is 5.18. The van der Waals surface area contributed by atoms with Gasteiger partial charge in [-0.05, 0) is 24.3 Å². The Morgan fingerprint density at radius 2 is 1.96 bits per heavy atom. The molecule has 0 fully saturated rings. The van der Waals surface area contributed by atoms with Gasteiger partial charge in [0.15, 0.2) is 18.1 Å². The van der Waals surface area contributed by atoms with Crippen LogP contribution in [0.3, 0.4) is 0 Å². The molecule has 3 aromatic rings. The van der Waals surface area contributed by atoms with Crippen LogP contribution in [0.4, 0.5) is 0 Å². The van der Waals surface area contributed by atoms with Crippen molar-refractivity contribution in [2.24, 2.45) is 0 Å². The lowest BCUT2D eigenvalue weighted by Gasteiger charge is -2.12. The monoisotopic (exact) mass is 329 g/mol. The Morgan fingerprint density at radius 1 is 1.13 bits per heavy atom. The third-order valence-electron chi connectivity index (χ3n) is 3.05. The number of benzene rings is 2. The minimum absolute atomic E-state index is 0.296. The summed E-state index contributed by atoms with van der Waals surface area (Å²) in [6.07, 6.45) is 1.59. The van der Waals surface area contributed by atoms with Crippen LogP contribution in [-0.4, -0.2) is 22.7 Å². The summed E-state index contributed by atoms with van der Waals surface area (Å²) < 4.78 is 11.0. The molecule has 1 N–H and O–H groups in total. The summed E-state index contributed by atoms with van der Waals surface area (Å²) in [6.45, 7) is -0.464. The number of fused-ring (bicyclic) bond motifs is 1. The van der Waals surface area contributed by atoms with Gasteiger partial charge in [0.25, 0.3) is 0 Å². The van der Waals surface area contributed by atoms with Crippen LogP contribution in [0.5, 0.6) is 17.2 Å². The molecule has 0 spiro atoms. The zero-order valence-corrected chi connectivity index (χ0v) is 12.7. The number of aromatic nitrogens is 1. The number of hydrogen-bond donors (Lipinski definition) is 1. The molecule has 1 aromatic heterocycles. The van der Waals surface area contributed by atoms with Gasteiger partial charge < -0.3 is 14.6 Å². The molecule has 0 atom stereocenters. The number of halogens is 1. The highest BCUT2D eigenvalue weighted by atomic mass is 35.5. The standard InChI is InChI=1S/C17H12ClNO4/c18-12-5-6-15(22-10-17(20)21)16(8-12)23-13-7-11-3-1-2-4-14(11)19-9-13/h1-9H,10H2,(H,20,21). The van der Waals surface area contributed by atoms with Gasteiger partial charge in [-0.25, -0.2) is 4.79 Å². The van der Waals surface area contributed by atoms with Crippen LogP contribution < -0.4 is 9.47 Å². The lowest BCUT2D eigenvalue weighted by atomic mass is 10.2. The van der Waals surface area contributed by atoms with E-state index in [1.165, 1.54) is 0 Å². The van der Waals surface area contributed by atoms with Crippen LogP contribution in [0, 0.1) is 0 Å². The molecule has 0 bridgehead atoms. The summed E-state index contributed by atoms with van der Waals surface area (Å²) in [4.78, 5) is 15.0. The number of para-hydroxylation sites is 1. The minimum atomic E-state index is -1.07. The molecule has 1 heterocycles. The zero-order chi connectivity index (χ0) is 16.2. The lowest BCUT2D eigenvalue weighted by Crippen LogP contribution is -2.09. The van der Waals surface area contributed by atoms with Gasteiger partial charge in [-0.2, -0.15) is 0 Å². The fourth-order valence-electron chi connectivity index (χ4n) is 2.05. The van der Waals surface area contributed by atoms with Gasteiger partial charge in [0.05, 0.1) is 11.7 Å². The van der Waals surface area contributed by atoms with Crippen molar-refractivity contribution in [1.29, 1.82) is 0 Å². The van der Waals surface area contributed by atoms with Crippen molar-refractivity contribution in [1.82, 2.24) is 4.98 Å². The molecule has 5 nitrogen and oxygen atoms in total. The number of carbonyl (C=O) groups is 1. The van der Waals surface area contributed by atoms with Crippen molar-refractivity contribution in [2.75, 3.05) is 6.61 Å². The first-order chi connectivity index (χ1) is 11.1. The van der Waals surface area contributed by atoms with Gasteiger partial charge in [0.2, 0.25) is 0 Å². The first-order valence-corrected chi connectivity index (χ1v) is 7.16. The number of nitrogens with zero attached hydrogens (tertiary/aromatic N) is 1. The fourth-order valence-corrected chi connectivity index (χ4v) is 2.22. The fraction of sp³-hybridized carbons (Fsp3) is 0.0588. The van der Waals surface area contributed by atoms with Gasteiger partial charge >= 0.3 is 5.97 Å². The average molecular weight is 330 g/mol. The van der Waals surface area contributed by atoms with Gasteiger partial charge in [0, 0.05) is 16.5 Å². The lowest BCUT2D eigenvalue weighted by molar-refractivity contribution is -0.139. The van der Waals surface area contributed by atoms with E-state index in [1.807, 2.05) is 30.3 Å². The van der Waals surface area contributed by atoms with E-state index in [4.69, 9.17) is 26.2 Å². The van der Waals surface area contributed by atoms with Gasteiger partial charge in [-0.3, -0.25) is 4.98 Å². The molecular weight excluding hydrogens is 318 g/mol. The normalized spacial score (nSPS) is 10.5. The van der Waals surface area contributed by atoms with Crippen LogP contribution in [0.25, 0.3) is 10.9 Å². The largest absolute Gasteiger partial charge is 0.479 e. The first kappa shape index (κ1) is 15.1. The number of ether oxygens (including phenoxy) is 2. The van der Waals surface area contributed by atoms with Crippen LogP contribution in [0.1, 0.15) is 0 Å². The Labute approximate surface area is 137 Å². The summed E-state index contributed by atoms with van der Waals surface area (Å²) in [7, 11) is 0. The number of rotatable bonds is 5. The van der Waals surface area contributed by atoms with Crippen molar-refractivity contribution < 1.29 is 19.4 Å². The smallest absolute Gasteiger partial charge is 0.341 e. The molecule has 0 saturated heterocycles. The van der Waals surface area contributed by atoms with Crippen LogP contribution in [-0.2, 0) is 4.79 Å². The molecule has 0 amide bonds. The van der Waals surface area contributed by atoms with E-state index in [9.17, 15) is 4.79 Å². The molecule has 6 heteroatoms. The van der Waals surface area contributed by atoms with Crippen molar-refractivity contribution in [3.63, 3.8) is 0 Å². The molecule has 2 aromatic carbocycles. The first-order valence-electron chi connectivity index (χ1n) is 6.78. The number of hydrogen-bond acceptors (Lipinski definition) is 4. The van der Waals surface area contributed by atoms with E-state index in [2.05, 4.69) is 4.98 Å². The number of carboxylic acids is 1. The summed E-state index contributed by atoms with van der Waals surface area (Å²) in [6, 6.07) is 14.2. The van der Waals surface area contributed by atoms with E-state index in [1.54, 1.807) is 24.4 Å². The van der Waals surface area contributed by atoms with Crippen LogP contribution in [0.2, 0.25) is 5.02 Å². The van der Waals surface area contributed by atoms with Crippen LogP contribution in [0.15, 0.2) is 54.7 Å². The number of aliphatic carboxylic acids is 1. The molecule has 23 heavy (non-hydrogen) atoms. The van der Waals surface area contributed by atoms with Crippen LogP contribution >= 0.6 is 11.6 Å². The Bertz CT molecular complexity index is 866. The van der Waals surface area contributed by atoms with E-state index in [0.29, 0.717) is 22.3 Å². The van der Waals surface area contributed by atoms with E-state index < -0.39 is 12.6 Å². The molecule has 0 aliphatic heterocycles. The molecule has 0 saturated carbocycles. The van der Waals surface area contributed by atoms with E-state index in [-0.39, 0.29) is 0 Å². The van der Waals surface area contributed by atoms with E-state index in [0.717, 1.165) is 10.9 Å². The second kappa shape index (κ2) is 6.54. The molecule has 116 valence electrons. The molecule has 0 radical (unpaired) electrons. The summed E-state index contributed by atoms with van der Waals surface area (Å²) in [5.41, 5.74) is 0.855. The maximum absolute atomic E-state index is 10.7. The Hall–Kier alpha value is -2.79. The average Bonchev–Trinajstić information content (AvgIpc) is 2.54. The number of pyridine rings is 1. The van der Waals surface area contributed by atoms with E-state index >= 15 is 0 Å². The predicted octanol–water partition coefficient (Wildman–Crippen LogP) is 4.14. The SMILES string of the molecule is O=C(O)COc1ccc(Cl)cc1Oc1cnc2ccccc2c1.